The minimum Gasteiger partial charge on any atom is -0.450 e. The molecule has 7 heteroatoms. The van der Waals surface area contributed by atoms with Crippen molar-refractivity contribution in [2.75, 3.05) is 36.9 Å². The van der Waals surface area contributed by atoms with Crippen LogP contribution >= 0.6 is 0 Å². The Morgan fingerprint density at radius 2 is 2.00 bits per heavy atom. The van der Waals surface area contributed by atoms with E-state index in [1.165, 1.54) is 0 Å². The molecular formula is C16H27N5O2. The Labute approximate surface area is 137 Å². The molecule has 2 heterocycles. The fourth-order valence-electron chi connectivity index (χ4n) is 2.62. The third-order valence-electron chi connectivity index (χ3n) is 3.77. The summed E-state index contributed by atoms with van der Waals surface area (Å²) in [7, 11) is 0. The van der Waals surface area contributed by atoms with Gasteiger partial charge in [-0.2, -0.15) is 0 Å². The van der Waals surface area contributed by atoms with E-state index in [1.807, 2.05) is 19.9 Å². The van der Waals surface area contributed by atoms with E-state index in [1.54, 1.807) is 4.90 Å². The molecule has 23 heavy (non-hydrogen) atoms. The Balaban J connectivity index is 1.88. The van der Waals surface area contributed by atoms with E-state index in [0.717, 1.165) is 43.3 Å². The van der Waals surface area contributed by atoms with Crippen molar-refractivity contribution in [1.29, 1.82) is 0 Å². The number of nitrogens with one attached hydrogen (secondary N) is 2. The van der Waals surface area contributed by atoms with Gasteiger partial charge in [0.2, 0.25) is 0 Å². The normalized spacial score (nSPS) is 15.3. The van der Waals surface area contributed by atoms with Gasteiger partial charge in [0, 0.05) is 31.7 Å². The Kier molecular flexibility index (Phi) is 6.43. The monoisotopic (exact) mass is 321 g/mol. The van der Waals surface area contributed by atoms with E-state index in [9.17, 15) is 4.79 Å². The Morgan fingerprint density at radius 1 is 1.30 bits per heavy atom. The van der Waals surface area contributed by atoms with Crippen molar-refractivity contribution in [3.05, 3.63) is 11.9 Å². The first-order chi connectivity index (χ1) is 11.1. The molecule has 1 aliphatic rings. The highest BCUT2D eigenvalue weighted by molar-refractivity contribution is 5.67. The van der Waals surface area contributed by atoms with Crippen molar-refractivity contribution in [3.63, 3.8) is 0 Å². The maximum atomic E-state index is 11.7. The number of piperidine rings is 1. The molecule has 2 N–H and O–H groups in total. The molecule has 0 aliphatic carbocycles. The Bertz CT molecular complexity index is 515. The molecule has 1 aliphatic heterocycles. The van der Waals surface area contributed by atoms with E-state index >= 15 is 0 Å². The zero-order valence-corrected chi connectivity index (χ0v) is 14.3. The van der Waals surface area contributed by atoms with Crippen LogP contribution in [0, 0.1) is 6.92 Å². The van der Waals surface area contributed by atoms with E-state index in [-0.39, 0.29) is 6.09 Å². The summed E-state index contributed by atoms with van der Waals surface area (Å²) in [6.45, 7) is 8.58. The van der Waals surface area contributed by atoms with E-state index in [0.29, 0.717) is 25.7 Å². The molecule has 0 spiro atoms. The van der Waals surface area contributed by atoms with Crippen LogP contribution in [0.15, 0.2) is 6.07 Å². The van der Waals surface area contributed by atoms with Crippen LogP contribution in [-0.2, 0) is 4.74 Å². The van der Waals surface area contributed by atoms with Crippen molar-refractivity contribution in [2.24, 2.45) is 0 Å². The van der Waals surface area contributed by atoms with Crippen LogP contribution in [0.25, 0.3) is 0 Å². The van der Waals surface area contributed by atoms with Crippen molar-refractivity contribution in [3.8, 4) is 0 Å². The van der Waals surface area contributed by atoms with Crippen molar-refractivity contribution in [2.45, 2.75) is 46.1 Å². The smallest absolute Gasteiger partial charge is 0.409 e. The van der Waals surface area contributed by atoms with Gasteiger partial charge in [-0.1, -0.05) is 6.92 Å². The van der Waals surface area contributed by atoms with Crippen LogP contribution in [-0.4, -0.2) is 53.2 Å². The SMILES string of the molecule is CCCNc1cc(NC2CCN(C(=O)OCC)CC2)nc(C)n1. The molecule has 1 saturated heterocycles. The molecular weight excluding hydrogens is 294 g/mol. The lowest BCUT2D eigenvalue weighted by Gasteiger charge is -2.31. The van der Waals surface area contributed by atoms with Gasteiger partial charge >= 0.3 is 6.09 Å². The first kappa shape index (κ1) is 17.3. The summed E-state index contributed by atoms with van der Waals surface area (Å²) in [6, 6.07) is 2.26. The van der Waals surface area contributed by atoms with Crippen LogP contribution in [0.3, 0.4) is 0 Å². The van der Waals surface area contributed by atoms with Crippen molar-refractivity contribution >= 4 is 17.7 Å². The maximum absolute atomic E-state index is 11.7. The highest BCUT2D eigenvalue weighted by atomic mass is 16.6. The maximum Gasteiger partial charge on any atom is 0.409 e. The first-order valence-corrected chi connectivity index (χ1v) is 8.40. The molecule has 0 unspecified atom stereocenters. The number of nitrogens with zero attached hydrogens (tertiary/aromatic N) is 3. The number of amides is 1. The number of hydrogen-bond acceptors (Lipinski definition) is 6. The van der Waals surface area contributed by atoms with Crippen molar-refractivity contribution < 1.29 is 9.53 Å². The largest absolute Gasteiger partial charge is 0.450 e. The number of likely N-dealkylation sites (tertiary alicyclic amines) is 1. The second kappa shape index (κ2) is 8.55. The van der Waals surface area contributed by atoms with Crippen LogP contribution in [0.2, 0.25) is 0 Å². The summed E-state index contributed by atoms with van der Waals surface area (Å²) in [6.07, 6.45) is 2.62. The minimum atomic E-state index is -0.213. The minimum absolute atomic E-state index is 0.213. The van der Waals surface area contributed by atoms with Gasteiger partial charge in [-0.25, -0.2) is 14.8 Å². The lowest BCUT2D eigenvalue weighted by molar-refractivity contribution is 0.0983. The van der Waals surface area contributed by atoms with Gasteiger partial charge in [0.15, 0.2) is 0 Å². The van der Waals surface area contributed by atoms with E-state index in [4.69, 9.17) is 4.74 Å². The molecule has 0 aromatic carbocycles. The number of rotatable bonds is 6. The van der Waals surface area contributed by atoms with Crippen LogP contribution in [0.1, 0.15) is 38.9 Å². The molecule has 0 saturated carbocycles. The average molecular weight is 321 g/mol. The van der Waals surface area contributed by atoms with Crippen LogP contribution in [0.4, 0.5) is 16.4 Å². The summed E-state index contributed by atoms with van der Waals surface area (Å²) in [5.41, 5.74) is 0. The molecule has 7 nitrogen and oxygen atoms in total. The molecule has 128 valence electrons. The molecule has 2 rings (SSSR count). The predicted molar refractivity (Wildman–Crippen MR) is 90.8 cm³/mol. The van der Waals surface area contributed by atoms with Gasteiger partial charge in [-0.05, 0) is 33.1 Å². The number of aryl methyl sites for hydroxylation is 1. The van der Waals surface area contributed by atoms with Gasteiger partial charge in [0.1, 0.15) is 17.5 Å². The Morgan fingerprint density at radius 3 is 2.65 bits per heavy atom. The molecule has 1 aromatic rings. The lowest BCUT2D eigenvalue weighted by atomic mass is 10.1. The highest BCUT2D eigenvalue weighted by Gasteiger charge is 2.23. The number of carbonyl (C=O) groups excluding carboxylic acids is 1. The summed E-state index contributed by atoms with van der Waals surface area (Å²) in [5.74, 6) is 2.44. The van der Waals surface area contributed by atoms with Gasteiger partial charge in [0.25, 0.3) is 0 Å². The molecule has 0 bridgehead atoms. The fourth-order valence-corrected chi connectivity index (χ4v) is 2.62. The molecule has 0 radical (unpaired) electrons. The third-order valence-corrected chi connectivity index (χ3v) is 3.77. The zero-order valence-electron chi connectivity index (χ0n) is 14.3. The molecule has 1 amide bonds. The zero-order chi connectivity index (χ0) is 16.7. The number of carbonyl (C=O) groups is 1. The number of anilines is 2. The molecule has 0 atom stereocenters. The van der Waals surface area contributed by atoms with Gasteiger partial charge in [-0.3, -0.25) is 0 Å². The lowest BCUT2D eigenvalue weighted by Crippen LogP contribution is -2.42. The fraction of sp³-hybridized carbons (Fsp3) is 0.688. The molecule has 1 fully saturated rings. The van der Waals surface area contributed by atoms with Gasteiger partial charge < -0.3 is 20.3 Å². The topological polar surface area (TPSA) is 79.4 Å². The predicted octanol–water partition coefficient (Wildman–Crippen LogP) is 2.64. The quantitative estimate of drug-likeness (QED) is 0.838. The van der Waals surface area contributed by atoms with Gasteiger partial charge in [-0.15, -0.1) is 0 Å². The summed E-state index contributed by atoms with van der Waals surface area (Å²) in [4.78, 5) is 22.3. The number of hydrogen-bond donors (Lipinski definition) is 2. The first-order valence-electron chi connectivity index (χ1n) is 8.40. The molecule has 1 aromatic heterocycles. The number of aromatic nitrogens is 2. The average Bonchev–Trinajstić information content (AvgIpc) is 2.53. The second-order valence-corrected chi connectivity index (χ2v) is 5.72. The van der Waals surface area contributed by atoms with Crippen molar-refractivity contribution in [1.82, 2.24) is 14.9 Å². The standard InChI is InChI=1S/C16H27N5O2/c1-4-8-17-14-11-15(19-12(3)18-14)20-13-6-9-21(10-7-13)16(22)23-5-2/h11,13H,4-10H2,1-3H3,(H2,17,18,19,20). The van der Waals surface area contributed by atoms with Crippen LogP contribution in [0.5, 0.6) is 0 Å². The third kappa shape index (κ3) is 5.26. The van der Waals surface area contributed by atoms with E-state index < -0.39 is 0 Å². The van der Waals surface area contributed by atoms with Gasteiger partial charge in [0.05, 0.1) is 6.61 Å². The van der Waals surface area contributed by atoms with E-state index in [2.05, 4.69) is 27.5 Å². The summed E-state index contributed by atoms with van der Waals surface area (Å²) < 4.78 is 5.04. The van der Waals surface area contributed by atoms with Crippen LogP contribution < -0.4 is 10.6 Å². The number of ether oxygens (including phenoxy) is 1. The Hall–Kier alpha value is -2.05. The second-order valence-electron chi connectivity index (χ2n) is 5.72. The summed E-state index contributed by atoms with van der Waals surface area (Å²) in [5, 5.41) is 6.75. The summed E-state index contributed by atoms with van der Waals surface area (Å²) >= 11 is 0. The highest BCUT2D eigenvalue weighted by Crippen LogP contribution is 2.18.